The van der Waals surface area contributed by atoms with E-state index in [1.807, 2.05) is 13.8 Å². The lowest BCUT2D eigenvalue weighted by atomic mass is 10.2. The lowest BCUT2D eigenvalue weighted by Gasteiger charge is -2.28. The van der Waals surface area contributed by atoms with Crippen molar-refractivity contribution >= 4 is 10.0 Å². The maximum absolute atomic E-state index is 12.9. The Hall–Kier alpha value is -0.960. The quantitative estimate of drug-likeness (QED) is 0.707. The van der Waals surface area contributed by atoms with E-state index >= 15 is 0 Å². The molecule has 0 atom stereocenters. The molecule has 8 heteroatoms. The fourth-order valence-electron chi connectivity index (χ4n) is 2.37. The number of aromatic amines is 1. The van der Waals surface area contributed by atoms with Crippen LogP contribution in [0.1, 0.15) is 37.9 Å². The molecule has 0 unspecified atom stereocenters. The summed E-state index contributed by atoms with van der Waals surface area (Å²) < 4.78 is 32.4. The van der Waals surface area contributed by atoms with Gasteiger partial charge in [0.2, 0.25) is 0 Å². The van der Waals surface area contributed by atoms with Gasteiger partial charge in [0.1, 0.15) is 0 Å². The molecular weight excluding hydrogens is 292 g/mol. The largest absolute Gasteiger partial charge is 0.383 e. The molecule has 0 saturated carbocycles. The fraction of sp³-hybridized carbons (Fsp3) is 0.769. The zero-order valence-corrected chi connectivity index (χ0v) is 14.0. The molecule has 0 aromatic carbocycles. The normalized spacial score (nSPS) is 12.5. The van der Waals surface area contributed by atoms with Crippen molar-refractivity contribution in [2.24, 2.45) is 5.73 Å². The molecule has 7 nitrogen and oxygen atoms in total. The number of sulfonamides is 1. The molecule has 122 valence electrons. The second-order valence-corrected chi connectivity index (χ2v) is 6.72. The molecule has 3 N–H and O–H groups in total. The van der Waals surface area contributed by atoms with E-state index in [0.29, 0.717) is 24.4 Å². The summed E-state index contributed by atoms with van der Waals surface area (Å²) >= 11 is 0. The molecule has 1 rings (SSSR count). The van der Waals surface area contributed by atoms with Gasteiger partial charge in [-0.15, -0.1) is 0 Å². The summed E-state index contributed by atoms with van der Waals surface area (Å²) in [5, 5.41) is 6.71. The third kappa shape index (κ3) is 3.82. The molecule has 1 aromatic heterocycles. The van der Waals surface area contributed by atoms with Crippen LogP contribution in [-0.4, -0.2) is 49.2 Å². The number of methoxy groups -OCH3 is 1. The number of rotatable bonds is 9. The molecular formula is C13H26N4O3S. The molecule has 0 fully saturated rings. The summed E-state index contributed by atoms with van der Waals surface area (Å²) in [6.45, 7) is 6.51. The molecule has 21 heavy (non-hydrogen) atoms. The van der Waals surface area contributed by atoms with Crippen LogP contribution in [-0.2, 0) is 21.3 Å². The minimum atomic E-state index is -3.69. The van der Waals surface area contributed by atoms with Crippen molar-refractivity contribution in [3.8, 4) is 0 Å². The van der Waals surface area contributed by atoms with E-state index in [-0.39, 0.29) is 17.6 Å². The summed E-state index contributed by atoms with van der Waals surface area (Å²) in [4.78, 5) is 0. The van der Waals surface area contributed by atoms with Gasteiger partial charge >= 0.3 is 0 Å². The molecule has 0 amide bonds. The average Bonchev–Trinajstić information content (AvgIpc) is 2.84. The van der Waals surface area contributed by atoms with Crippen LogP contribution in [0, 0.1) is 6.92 Å². The van der Waals surface area contributed by atoms with Gasteiger partial charge < -0.3 is 10.5 Å². The SMILES string of the molecule is CCC(CC)N(CCOC)S(=O)(=O)c1n[nH]c(C)c1CN. The lowest BCUT2D eigenvalue weighted by molar-refractivity contribution is 0.163. The van der Waals surface area contributed by atoms with Gasteiger partial charge in [-0.05, 0) is 19.8 Å². The Morgan fingerprint density at radius 2 is 2.00 bits per heavy atom. The molecule has 0 bridgehead atoms. The van der Waals surface area contributed by atoms with Crippen LogP contribution in [0.4, 0.5) is 0 Å². The van der Waals surface area contributed by atoms with E-state index in [2.05, 4.69) is 10.2 Å². The zero-order chi connectivity index (χ0) is 16.0. The minimum Gasteiger partial charge on any atom is -0.383 e. The number of nitrogens with zero attached hydrogens (tertiary/aromatic N) is 2. The second kappa shape index (κ2) is 7.88. The van der Waals surface area contributed by atoms with Crippen LogP contribution >= 0.6 is 0 Å². The predicted molar refractivity (Wildman–Crippen MR) is 81.4 cm³/mol. The van der Waals surface area contributed by atoms with Crippen LogP contribution < -0.4 is 5.73 Å². The summed E-state index contributed by atoms with van der Waals surface area (Å²) in [6.07, 6.45) is 1.47. The highest BCUT2D eigenvalue weighted by Crippen LogP contribution is 2.23. The van der Waals surface area contributed by atoms with E-state index in [9.17, 15) is 8.42 Å². The van der Waals surface area contributed by atoms with Crippen molar-refractivity contribution in [3.05, 3.63) is 11.3 Å². The molecule has 0 aliphatic rings. The molecule has 1 aromatic rings. The molecule has 0 radical (unpaired) electrons. The van der Waals surface area contributed by atoms with Crippen molar-refractivity contribution < 1.29 is 13.2 Å². The summed E-state index contributed by atoms with van der Waals surface area (Å²) in [5.74, 6) is 0. The standard InChI is InChI=1S/C13H26N4O3S/c1-5-11(6-2)17(7-8-20-4)21(18,19)13-12(9-14)10(3)15-16-13/h11H,5-9,14H2,1-4H3,(H,15,16). The van der Waals surface area contributed by atoms with Gasteiger partial charge in [-0.3, -0.25) is 5.10 Å². The second-order valence-electron chi connectivity index (χ2n) is 4.92. The summed E-state index contributed by atoms with van der Waals surface area (Å²) in [7, 11) is -2.13. The van der Waals surface area contributed by atoms with Gasteiger partial charge in [-0.1, -0.05) is 13.8 Å². The molecule has 0 spiro atoms. The van der Waals surface area contributed by atoms with E-state index in [1.54, 1.807) is 14.0 Å². The Kier molecular flexibility index (Phi) is 6.79. The van der Waals surface area contributed by atoms with Gasteiger partial charge in [-0.2, -0.15) is 9.40 Å². The zero-order valence-electron chi connectivity index (χ0n) is 13.2. The van der Waals surface area contributed by atoms with E-state index in [1.165, 1.54) is 4.31 Å². The number of nitrogens with one attached hydrogen (secondary N) is 1. The number of ether oxygens (including phenoxy) is 1. The number of aryl methyl sites for hydroxylation is 1. The first-order valence-electron chi connectivity index (χ1n) is 7.18. The summed E-state index contributed by atoms with van der Waals surface area (Å²) in [6, 6.07) is -0.0761. The number of H-pyrrole nitrogens is 1. The van der Waals surface area contributed by atoms with Crippen molar-refractivity contribution in [2.45, 2.75) is 51.2 Å². The Morgan fingerprint density at radius 1 is 1.38 bits per heavy atom. The monoisotopic (exact) mass is 318 g/mol. The number of hydrogen-bond acceptors (Lipinski definition) is 5. The smallest absolute Gasteiger partial charge is 0.263 e. The van der Waals surface area contributed by atoms with Gasteiger partial charge in [0.05, 0.1) is 6.61 Å². The predicted octanol–water partition coefficient (Wildman–Crippen LogP) is 1.00. The van der Waals surface area contributed by atoms with E-state index in [0.717, 1.165) is 12.8 Å². The molecule has 0 aliphatic carbocycles. The third-order valence-electron chi connectivity index (χ3n) is 3.66. The first kappa shape index (κ1) is 18.1. The number of aromatic nitrogens is 2. The van der Waals surface area contributed by atoms with Gasteiger partial charge in [0, 0.05) is 37.5 Å². The first-order valence-corrected chi connectivity index (χ1v) is 8.62. The van der Waals surface area contributed by atoms with Crippen LogP contribution in [0.15, 0.2) is 5.03 Å². The Labute approximate surface area is 126 Å². The third-order valence-corrected chi connectivity index (χ3v) is 5.58. The van der Waals surface area contributed by atoms with Crippen LogP contribution in [0.25, 0.3) is 0 Å². The lowest BCUT2D eigenvalue weighted by Crippen LogP contribution is -2.42. The fourth-order valence-corrected chi connectivity index (χ4v) is 4.31. The maximum atomic E-state index is 12.9. The average molecular weight is 318 g/mol. The number of nitrogens with two attached hydrogens (primary N) is 1. The van der Waals surface area contributed by atoms with Gasteiger partial charge in [0.25, 0.3) is 10.0 Å². The van der Waals surface area contributed by atoms with Crippen LogP contribution in [0.5, 0.6) is 0 Å². The van der Waals surface area contributed by atoms with Gasteiger partial charge in [0.15, 0.2) is 5.03 Å². The Bertz CT molecular complexity index is 538. The minimum absolute atomic E-state index is 0.0329. The molecule has 0 saturated heterocycles. The number of hydrogen-bond donors (Lipinski definition) is 2. The molecule has 0 aliphatic heterocycles. The highest BCUT2D eigenvalue weighted by molar-refractivity contribution is 7.89. The Morgan fingerprint density at radius 3 is 2.48 bits per heavy atom. The molecule has 1 heterocycles. The van der Waals surface area contributed by atoms with Crippen molar-refractivity contribution in [1.82, 2.24) is 14.5 Å². The van der Waals surface area contributed by atoms with Crippen molar-refractivity contribution in [1.29, 1.82) is 0 Å². The van der Waals surface area contributed by atoms with Crippen molar-refractivity contribution in [2.75, 3.05) is 20.3 Å². The van der Waals surface area contributed by atoms with Crippen LogP contribution in [0.2, 0.25) is 0 Å². The van der Waals surface area contributed by atoms with Crippen LogP contribution in [0.3, 0.4) is 0 Å². The van der Waals surface area contributed by atoms with E-state index < -0.39 is 10.0 Å². The van der Waals surface area contributed by atoms with E-state index in [4.69, 9.17) is 10.5 Å². The van der Waals surface area contributed by atoms with Crippen molar-refractivity contribution in [3.63, 3.8) is 0 Å². The highest BCUT2D eigenvalue weighted by atomic mass is 32.2. The first-order chi connectivity index (χ1) is 9.93. The Balaban J connectivity index is 3.25. The topological polar surface area (TPSA) is 101 Å². The summed E-state index contributed by atoms with van der Waals surface area (Å²) in [5.41, 5.74) is 6.90. The highest BCUT2D eigenvalue weighted by Gasteiger charge is 2.33. The van der Waals surface area contributed by atoms with Gasteiger partial charge in [-0.25, -0.2) is 8.42 Å². The maximum Gasteiger partial charge on any atom is 0.263 e.